The third-order valence-electron chi connectivity index (χ3n) is 8.84. The highest BCUT2D eigenvalue weighted by Crippen LogP contribution is 2.43. The second-order valence-electron chi connectivity index (χ2n) is 11.5. The molecule has 1 amide bonds. The van der Waals surface area contributed by atoms with Gasteiger partial charge in [0.15, 0.2) is 0 Å². The van der Waals surface area contributed by atoms with Gasteiger partial charge in [-0.25, -0.2) is 17.2 Å². The Hall–Kier alpha value is -3.40. The smallest absolute Gasteiger partial charge is 0.243 e. The number of rotatable bonds is 9. The fourth-order valence-electron chi connectivity index (χ4n) is 6.49. The maximum Gasteiger partial charge on any atom is 0.243 e. The topological polar surface area (TPSA) is 114 Å². The van der Waals surface area contributed by atoms with Crippen LogP contribution >= 0.6 is 0 Å². The predicted octanol–water partition coefficient (Wildman–Crippen LogP) is 4.06. The number of anilines is 1. The number of halogens is 2. The van der Waals surface area contributed by atoms with Crippen molar-refractivity contribution in [2.45, 2.75) is 62.0 Å². The zero-order chi connectivity index (χ0) is 31.3. The average Bonchev–Trinajstić information content (AvgIpc) is 3.25. The first-order chi connectivity index (χ1) is 21.1. The van der Waals surface area contributed by atoms with Gasteiger partial charge < -0.3 is 21.1 Å². The van der Waals surface area contributed by atoms with Crippen molar-refractivity contribution in [2.75, 3.05) is 31.6 Å². The molecule has 2 fully saturated rings. The molecule has 0 aromatic heterocycles. The molecule has 2 saturated heterocycles. The fraction of sp³-hybridized carbons (Fsp3) is 0.424. The monoisotopic (exact) mass is 624 g/mol. The zero-order valence-electron chi connectivity index (χ0n) is 24.7. The van der Waals surface area contributed by atoms with Gasteiger partial charge in [0.25, 0.3) is 0 Å². The summed E-state index contributed by atoms with van der Waals surface area (Å²) in [6.07, 6.45) is 4.18. The first-order valence-corrected chi connectivity index (χ1v) is 16.3. The molecule has 4 N–H and O–H groups in total. The summed E-state index contributed by atoms with van der Waals surface area (Å²) in [5.41, 5.74) is 6.93. The number of piperazine rings is 1. The van der Waals surface area contributed by atoms with Crippen molar-refractivity contribution in [3.8, 4) is 11.8 Å². The van der Waals surface area contributed by atoms with Crippen LogP contribution in [0.4, 0.5) is 14.5 Å². The molecule has 44 heavy (non-hydrogen) atoms. The van der Waals surface area contributed by atoms with Gasteiger partial charge in [0.2, 0.25) is 15.9 Å². The number of carbonyl (C=O) groups excluding carboxylic acids is 1. The van der Waals surface area contributed by atoms with Gasteiger partial charge in [0, 0.05) is 67.5 Å². The van der Waals surface area contributed by atoms with E-state index < -0.39 is 45.1 Å². The first kappa shape index (κ1) is 32.0. The Labute approximate surface area is 257 Å². The van der Waals surface area contributed by atoms with Crippen molar-refractivity contribution >= 4 is 21.6 Å². The summed E-state index contributed by atoms with van der Waals surface area (Å²) in [7, 11) is -3.79. The molecule has 0 spiro atoms. The molecule has 2 aliphatic heterocycles. The van der Waals surface area contributed by atoms with Crippen LogP contribution in [0.5, 0.6) is 0 Å². The normalized spacial score (nSPS) is 22.9. The summed E-state index contributed by atoms with van der Waals surface area (Å²) < 4.78 is 64.1. The second-order valence-corrected chi connectivity index (χ2v) is 13.4. The number of hydrogen-bond acceptors (Lipinski definition) is 6. The number of nitrogens with zero attached hydrogens (tertiary/aromatic N) is 1. The van der Waals surface area contributed by atoms with Crippen molar-refractivity contribution < 1.29 is 26.7 Å². The van der Waals surface area contributed by atoms with E-state index in [1.807, 2.05) is 6.92 Å². The van der Waals surface area contributed by atoms with E-state index in [4.69, 9.17) is 10.5 Å². The highest BCUT2D eigenvalue weighted by Gasteiger charge is 2.45. The van der Waals surface area contributed by atoms with Crippen molar-refractivity contribution in [3.05, 3.63) is 83.5 Å². The van der Waals surface area contributed by atoms with E-state index >= 15 is 4.39 Å². The third kappa shape index (κ3) is 6.65. The Kier molecular flexibility index (Phi) is 9.97. The molecule has 3 aliphatic rings. The number of hydrogen-bond donors (Lipinski definition) is 3. The Morgan fingerprint density at radius 3 is 2.66 bits per heavy atom. The number of amides is 1. The van der Waals surface area contributed by atoms with E-state index in [0.717, 1.165) is 0 Å². The van der Waals surface area contributed by atoms with Crippen molar-refractivity contribution in [1.82, 2.24) is 9.62 Å². The van der Waals surface area contributed by atoms with E-state index in [0.29, 0.717) is 51.1 Å². The number of sulfonamides is 1. The average molecular weight is 625 g/mol. The lowest BCUT2D eigenvalue weighted by molar-refractivity contribution is -0.121. The van der Waals surface area contributed by atoms with Gasteiger partial charge in [-0.15, -0.1) is 0 Å². The summed E-state index contributed by atoms with van der Waals surface area (Å²) in [4.78, 5) is 13.9. The maximum atomic E-state index is 15.3. The SMILES string of the molecule is C[C@@H]1CNC[C@H](CCc2c(F)cccc2NC(=O)[C@@H](N)C2(C3=CC(F)=CC#CC3)CCOCC2)N1S(=O)(=O)c1ccccc1. The lowest BCUT2D eigenvalue weighted by atomic mass is 9.67. The molecule has 0 bridgehead atoms. The molecule has 5 rings (SSSR count). The maximum absolute atomic E-state index is 15.3. The van der Waals surface area contributed by atoms with Crippen LogP contribution in [0.15, 0.2) is 77.0 Å². The molecular formula is C33H38F2N4O4S. The molecule has 0 radical (unpaired) electrons. The van der Waals surface area contributed by atoms with Gasteiger partial charge in [-0.2, -0.15) is 4.31 Å². The summed E-state index contributed by atoms with van der Waals surface area (Å²) in [6, 6.07) is 10.9. The van der Waals surface area contributed by atoms with Crippen LogP contribution in [0.2, 0.25) is 0 Å². The lowest BCUT2D eigenvalue weighted by Gasteiger charge is -2.42. The van der Waals surface area contributed by atoms with Gasteiger partial charge >= 0.3 is 0 Å². The summed E-state index contributed by atoms with van der Waals surface area (Å²) >= 11 is 0. The highest BCUT2D eigenvalue weighted by atomic mass is 32.2. The second kappa shape index (κ2) is 13.7. The van der Waals surface area contributed by atoms with Crippen molar-refractivity contribution in [2.24, 2.45) is 11.1 Å². The molecule has 8 nitrogen and oxygen atoms in total. The number of allylic oxidation sites excluding steroid dienone is 3. The summed E-state index contributed by atoms with van der Waals surface area (Å²) in [5, 5.41) is 6.13. The van der Waals surface area contributed by atoms with Gasteiger partial charge in [-0.3, -0.25) is 4.79 Å². The van der Waals surface area contributed by atoms with Crippen LogP contribution in [0.3, 0.4) is 0 Å². The Balaban J connectivity index is 1.37. The van der Waals surface area contributed by atoms with Gasteiger partial charge in [0.1, 0.15) is 11.6 Å². The van der Waals surface area contributed by atoms with Crippen LogP contribution in [0.1, 0.15) is 38.2 Å². The number of benzene rings is 2. The number of nitrogens with two attached hydrogens (primary N) is 1. The van der Waals surface area contributed by atoms with Gasteiger partial charge in [-0.05, 0) is 68.5 Å². The van der Waals surface area contributed by atoms with Crippen molar-refractivity contribution in [3.63, 3.8) is 0 Å². The van der Waals surface area contributed by atoms with E-state index in [2.05, 4.69) is 22.5 Å². The Morgan fingerprint density at radius 1 is 1.16 bits per heavy atom. The van der Waals surface area contributed by atoms with E-state index in [1.165, 1.54) is 28.6 Å². The number of nitrogens with one attached hydrogen (secondary N) is 2. The fourth-order valence-corrected chi connectivity index (χ4v) is 8.36. The van der Waals surface area contributed by atoms with Crippen molar-refractivity contribution in [1.29, 1.82) is 0 Å². The minimum Gasteiger partial charge on any atom is -0.381 e. The van der Waals surface area contributed by atoms with E-state index in [1.54, 1.807) is 36.4 Å². The van der Waals surface area contributed by atoms with Crippen LogP contribution in [0, 0.1) is 23.1 Å². The summed E-state index contributed by atoms with van der Waals surface area (Å²) in [6.45, 7) is 3.47. The molecule has 11 heteroatoms. The Bertz CT molecular complexity index is 1590. The molecule has 2 aromatic rings. The minimum absolute atomic E-state index is 0.174. The number of ether oxygens (including phenoxy) is 1. The van der Waals surface area contributed by atoms with Crippen LogP contribution in [-0.4, -0.2) is 63.1 Å². The van der Waals surface area contributed by atoms with Crippen LogP contribution in [0.25, 0.3) is 0 Å². The van der Waals surface area contributed by atoms with Gasteiger partial charge in [0.05, 0.1) is 10.9 Å². The molecule has 0 unspecified atom stereocenters. The zero-order valence-corrected chi connectivity index (χ0v) is 25.5. The van der Waals surface area contributed by atoms with Crippen LogP contribution in [-0.2, 0) is 26.0 Å². The molecule has 2 aromatic carbocycles. The largest absolute Gasteiger partial charge is 0.381 e. The minimum atomic E-state index is -3.79. The first-order valence-electron chi connectivity index (χ1n) is 14.9. The van der Waals surface area contributed by atoms with E-state index in [9.17, 15) is 17.6 Å². The predicted molar refractivity (Wildman–Crippen MR) is 165 cm³/mol. The third-order valence-corrected chi connectivity index (χ3v) is 10.9. The quantitative estimate of drug-likeness (QED) is 0.363. The van der Waals surface area contributed by atoms with Gasteiger partial charge in [-0.1, -0.05) is 36.1 Å². The molecule has 1 aliphatic carbocycles. The Morgan fingerprint density at radius 2 is 1.91 bits per heavy atom. The molecule has 0 saturated carbocycles. The standard InChI is InChI=1S/C33H38F2N4O4S/c1-23-21-37-22-26(39(23)44(41,42)27-10-3-2-4-11-27)14-15-28-29(35)12-7-13-30(28)38-32(40)31(36)33(16-18-43-19-17-33)24-8-5-6-9-25(34)20-24/h2-4,7,9-13,20,23,26,31,37H,8,14-19,21-22,36H2,1H3,(H,38,40)/t23-,26+,31-/m1/s1. The highest BCUT2D eigenvalue weighted by molar-refractivity contribution is 7.89. The molecule has 2 heterocycles. The lowest BCUT2D eigenvalue weighted by Crippen LogP contribution is -2.58. The molecule has 234 valence electrons. The van der Waals surface area contributed by atoms with E-state index in [-0.39, 0.29) is 35.0 Å². The molecule has 3 atom stereocenters. The summed E-state index contributed by atoms with van der Waals surface area (Å²) in [5.74, 6) is 4.06. The molecular weight excluding hydrogens is 586 g/mol. The van der Waals surface area contributed by atoms with Crippen LogP contribution < -0.4 is 16.4 Å². The number of carbonyl (C=O) groups is 1.